The van der Waals surface area contributed by atoms with Gasteiger partial charge in [0, 0.05) is 45.7 Å². The minimum Gasteiger partial charge on any atom is -0.384 e. The highest BCUT2D eigenvalue weighted by molar-refractivity contribution is 5.99. The molecule has 0 radical (unpaired) electrons. The smallest absolute Gasteiger partial charge is 0.259 e. The summed E-state index contributed by atoms with van der Waals surface area (Å²) in [6, 6.07) is 2.05. The van der Waals surface area contributed by atoms with E-state index >= 15 is 0 Å². The van der Waals surface area contributed by atoms with E-state index in [0.29, 0.717) is 36.1 Å². The van der Waals surface area contributed by atoms with Gasteiger partial charge in [-0.1, -0.05) is 0 Å². The van der Waals surface area contributed by atoms with Gasteiger partial charge in [0.15, 0.2) is 5.65 Å². The number of ether oxygens (including phenoxy) is 1. The molecule has 2 amide bonds. The Hall–Kier alpha value is -2.48. The van der Waals surface area contributed by atoms with Crippen LogP contribution in [0.2, 0.25) is 0 Å². The Labute approximate surface area is 164 Å². The molecule has 8 nitrogen and oxygen atoms in total. The SMILES string of the molecule is COCCC(=O)N(C)[C@H]1C[C@H]2CCN(C(=O)c3cnn4cccnc34)C[C@H]2C1. The second kappa shape index (κ2) is 7.87. The molecule has 150 valence electrons. The summed E-state index contributed by atoms with van der Waals surface area (Å²) >= 11 is 0. The van der Waals surface area contributed by atoms with Crippen molar-refractivity contribution in [2.45, 2.75) is 31.7 Å². The lowest BCUT2D eigenvalue weighted by atomic mass is 9.88. The Kier molecular flexibility index (Phi) is 5.30. The standard InChI is InChI=1S/C20H27N5O3/c1-23(18(26)5-9-28-2)16-10-14-4-8-24(13-15(14)11-16)20(27)17-12-22-25-7-3-6-21-19(17)25/h3,6-7,12,14-16H,4-5,8-11,13H2,1-2H3/t14-,15-,16+/m1/s1. The molecule has 0 N–H and O–H groups in total. The molecule has 2 fully saturated rings. The fraction of sp³-hybridized carbons (Fsp3) is 0.600. The van der Waals surface area contributed by atoms with E-state index in [9.17, 15) is 9.59 Å². The van der Waals surface area contributed by atoms with E-state index in [1.54, 1.807) is 36.3 Å². The minimum absolute atomic E-state index is 0.000116. The predicted molar refractivity (Wildman–Crippen MR) is 103 cm³/mol. The van der Waals surface area contributed by atoms with Gasteiger partial charge in [0.2, 0.25) is 5.91 Å². The third-order valence-corrected chi connectivity index (χ3v) is 6.30. The first-order valence-electron chi connectivity index (χ1n) is 9.90. The Morgan fingerprint density at radius 2 is 2.14 bits per heavy atom. The van der Waals surface area contributed by atoms with Crippen LogP contribution < -0.4 is 0 Å². The molecule has 2 aliphatic rings. The highest BCUT2D eigenvalue weighted by Crippen LogP contribution is 2.40. The van der Waals surface area contributed by atoms with E-state index in [0.717, 1.165) is 32.4 Å². The molecular weight excluding hydrogens is 358 g/mol. The molecule has 1 aliphatic heterocycles. The monoisotopic (exact) mass is 385 g/mol. The van der Waals surface area contributed by atoms with Crippen LogP contribution in [0.1, 0.15) is 36.0 Å². The van der Waals surface area contributed by atoms with Crippen LogP contribution in [0.25, 0.3) is 5.65 Å². The molecular formula is C20H27N5O3. The summed E-state index contributed by atoms with van der Waals surface area (Å²) in [7, 11) is 3.51. The second-order valence-electron chi connectivity index (χ2n) is 7.88. The first-order chi connectivity index (χ1) is 13.6. The zero-order valence-electron chi connectivity index (χ0n) is 16.5. The fourth-order valence-electron chi connectivity index (χ4n) is 4.67. The maximum Gasteiger partial charge on any atom is 0.259 e. The molecule has 4 rings (SSSR count). The van der Waals surface area contributed by atoms with Gasteiger partial charge in [-0.3, -0.25) is 9.59 Å². The minimum atomic E-state index is 0.000116. The van der Waals surface area contributed by atoms with Crippen LogP contribution in [-0.4, -0.2) is 76.1 Å². The lowest BCUT2D eigenvalue weighted by Crippen LogP contribution is -2.42. The quantitative estimate of drug-likeness (QED) is 0.779. The summed E-state index contributed by atoms with van der Waals surface area (Å²) in [4.78, 5) is 33.5. The maximum atomic E-state index is 13.1. The lowest BCUT2D eigenvalue weighted by molar-refractivity contribution is -0.132. The van der Waals surface area contributed by atoms with Crippen molar-refractivity contribution in [3.63, 3.8) is 0 Å². The molecule has 0 bridgehead atoms. The first kappa shape index (κ1) is 18.9. The topological polar surface area (TPSA) is 80.0 Å². The summed E-state index contributed by atoms with van der Waals surface area (Å²) in [5.41, 5.74) is 1.16. The van der Waals surface area contributed by atoms with Gasteiger partial charge in [-0.25, -0.2) is 9.50 Å². The van der Waals surface area contributed by atoms with Crippen LogP contribution >= 0.6 is 0 Å². The van der Waals surface area contributed by atoms with E-state index in [-0.39, 0.29) is 17.9 Å². The van der Waals surface area contributed by atoms with E-state index in [4.69, 9.17) is 4.74 Å². The molecule has 0 unspecified atom stereocenters. The summed E-state index contributed by atoms with van der Waals surface area (Å²) in [6.07, 6.45) is 8.47. The van der Waals surface area contributed by atoms with Gasteiger partial charge in [-0.2, -0.15) is 5.10 Å². The average Bonchev–Trinajstić information content (AvgIpc) is 3.34. The van der Waals surface area contributed by atoms with Crippen molar-refractivity contribution < 1.29 is 14.3 Å². The van der Waals surface area contributed by atoms with Crippen LogP contribution in [0.15, 0.2) is 24.7 Å². The second-order valence-corrected chi connectivity index (χ2v) is 7.88. The number of amides is 2. The number of methoxy groups -OCH3 is 1. The Morgan fingerprint density at radius 3 is 2.96 bits per heavy atom. The molecule has 1 saturated carbocycles. The number of nitrogens with zero attached hydrogens (tertiary/aromatic N) is 5. The van der Waals surface area contributed by atoms with E-state index in [1.165, 1.54) is 0 Å². The van der Waals surface area contributed by atoms with E-state index in [1.807, 2.05) is 16.8 Å². The summed E-state index contributed by atoms with van der Waals surface area (Å²) in [5.74, 6) is 1.15. The van der Waals surface area contributed by atoms with Crippen LogP contribution in [-0.2, 0) is 9.53 Å². The maximum absolute atomic E-state index is 13.1. The summed E-state index contributed by atoms with van der Waals surface area (Å²) in [5, 5.41) is 4.23. The normalized spacial score (nSPS) is 24.4. The van der Waals surface area contributed by atoms with E-state index < -0.39 is 0 Å². The van der Waals surface area contributed by atoms with Crippen LogP contribution in [0.3, 0.4) is 0 Å². The highest BCUT2D eigenvalue weighted by Gasteiger charge is 2.41. The largest absolute Gasteiger partial charge is 0.384 e. The third-order valence-electron chi connectivity index (χ3n) is 6.30. The zero-order valence-corrected chi connectivity index (χ0v) is 16.5. The third kappa shape index (κ3) is 3.48. The van der Waals surface area contributed by atoms with Crippen molar-refractivity contribution >= 4 is 17.5 Å². The van der Waals surface area contributed by atoms with Crippen LogP contribution in [0.4, 0.5) is 0 Å². The van der Waals surface area contributed by atoms with Crippen LogP contribution in [0.5, 0.6) is 0 Å². The highest BCUT2D eigenvalue weighted by atomic mass is 16.5. The summed E-state index contributed by atoms with van der Waals surface area (Å²) in [6.45, 7) is 1.95. The van der Waals surface area contributed by atoms with Crippen molar-refractivity contribution in [3.8, 4) is 0 Å². The molecule has 8 heteroatoms. The number of rotatable bonds is 5. The fourth-order valence-corrected chi connectivity index (χ4v) is 4.67. The Balaban J connectivity index is 1.41. The molecule has 1 saturated heterocycles. The van der Waals surface area contributed by atoms with Crippen molar-refractivity contribution in [3.05, 3.63) is 30.2 Å². The first-order valence-corrected chi connectivity index (χ1v) is 9.90. The summed E-state index contributed by atoms with van der Waals surface area (Å²) < 4.78 is 6.65. The molecule has 1 aliphatic carbocycles. The number of fused-ring (bicyclic) bond motifs is 2. The number of hydrogen-bond donors (Lipinski definition) is 0. The van der Waals surface area contributed by atoms with Gasteiger partial charge in [-0.15, -0.1) is 0 Å². The number of carbonyl (C=O) groups is 2. The van der Waals surface area contributed by atoms with Gasteiger partial charge in [0.25, 0.3) is 5.91 Å². The number of piperidine rings is 1. The Bertz CT molecular complexity index is 866. The molecule has 2 aromatic heterocycles. The molecule has 2 aromatic rings. The predicted octanol–water partition coefficient (Wildman–Crippen LogP) is 1.46. The van der Waals surface area contributed by atoms with Gasteiger partial charge < -0.3 is 14.5 Å². The van der Waals surface area contributed by atoms with E-state index in [2.05, 4.69) is 10.1 Å². The molecule has 28 heavy (non-hydrogen) atoms. The molecule has 3 atom stereocenters. The number of aromatic nitrogens is 3. The lowest BCUT2D eigenvalue weighted by Gasteiger charge is -2.34. The van der Waals surface area contributed by atoms with Gasteiger partial charge in [0.1, 0.15) is 5.56 Å². The van der Waals surface area contributed by atoms with Crippen molar-refractivity contribution in [2.24, 2.45) is 11.8 Å². The average molecular weight is 385 g/mol. The van der Waals surface area contributed by atoms with Crippen LogP contribution in [0, 0.1) is 11.8 Å². The number of carbonyl (C=O) groups excluding carboxylic acids is 2. The van der Waals surface area contributed by atoms with Gasteiger partial charge in [-0.05, 0) is 37.2 Å². The van der Waals surface area contributed by atoms with Gasteiger partial charge >= 0.3 is 0 Å². The number of hydrogen-bond acceptors (Lipinski definition) is 5. The van der Waals surface area contributed by atoms with Gasteiger partial charge in [0.05, 0.1) is 19.2 Å². The van der Waals surface area contributed by atoms with Crippen molar-refractivity contribution in [1.29, 1.82) is 0 Å². The van der Waals surface area contributed by atoms with Crippen molar-refractivity contribution in [1.82, 2.24) is 24.4 Å². The number of likely N-dealkylation sites (tertiary alicyclic amines) is 1. The molecule has 0 spiro atoms. The zero-order chi connectivity index (χ0) is 19.7. The molecule has 3 heterocycles. The van der Waals surface area contributed by atoms with Crippen molar-refractivity contribution in [2.75, 3.05) is 33.9 Å². The molecule has 0 aromatic carbocycles. The Morgan fingerprint density at radius 1 is 1.32 bits per heavy atom.